The second-order valence-electron chi connectivity index (χ2n) is 7.45. The Kier molecular flexibility index (Phi) is 3.28. The number of alkyl halides is 1. The van der Waals surface area contributed by atoms with Gasteiger partial charge in [-0.3, -0.25) is 4.79 Å². The first kappa shape index (κ1) is 14.2. The zero-order valence-corrected chi connectivity index (χ0v) is 13.1. The molecule has 0 bridgehead atoms. The molecule has 22 heavy (non-hydrogen) atoms. The monoisotopic (exact) mass is 301 g/mol. The van der Waals surface area contributed by atoms with Crippen molar-refractivity contribution in [1.29, 1.82) is 0 Å². The van der Waals surface area contributed by atoms with Crippen molar-refractivity contribution < 1.29 is 13.9 Å². The largest absolute Gasteiger partial charge is 0.463 e. The van der Waals surface area contributed by atoms with Gasteiger partial charge in [-0.15, -0.1) is 0 Å². The molecule has 0 aliphatic heterocycles. The van der Waals surface area contributed by atoms with Crippen molar-refractivity contribution in [1.82, 2.24) is 0 Å². The number of rotatable bonds is 2. The number of carbonyl (C=O) groups excluding carboxylic acids is 1. The van der Waals surface area contributed by atoms with E-state index in [2.05, 4.69) is 13.0 Å². The van der Waals surface area contributed by atoms with Gasteiger partial charge in [0.15, 0.2) is 0 Å². The number of Topliss-reactive ketones (excluding diaryl/α,β-unsaturated/α-hetero) is 1. The van der Waals surface area contributed by atoms with E-state index in [0.29, 0.717) is 29.3 Å². The van der Waals surface area contributed by atoms with Gasteiger partial charge in [-0.2, -0.15) is 0 Å². The van der Waals surface area contributed by atoms with Crippen molar-refractivity contribution in [3.63, 3.8) is 0 Å². The minimum Gasteiger partial charge on any atom is -0.463 e. The van der Waals surface area contributed by atoms with Gasteiger partial charge >= 0.3 is 0 Å². The Hall–Kier alpha value is -1.38. The molecular weight excluding hydrogens is 278 g/mol. The van der Waals surface area contributed by atoms with E-state index in [9.17, 15) is 9.18 Å². The smallest absolute Gasteiger partial charge is 0.228 e. The summed E-state index contributed by atoms with van der Waals surface area (Å²) in [4.78, 5) is 12.3. The van der Waals surface area contributed by atoms with Crippen LogP contribution in [0.2, 0.25) is 0 Å². The van der Waals surface area contributed by atoms with Crippen LogP contribution >= 0.6 is 0 Å². The maximum atomic E-state index is 12.4. The molecule has 2 fully saturated rings. The van der Waals surface area contributed by atoms with Gasteiger partial charge in [0.25, 0.3) is 0 Å². The first-order valence-corrected chi connectivity index (χ1v) is 8.48. The Morgan fingerprint density at radius 2 is 2.14 bits per heavy atom. The van der Waals surface area contributed by atoms with Crippen molar-refractivity contribution in [3.8, 4) is 5.75 Å². The number of hydrogen-bond donors (Lipinski definition) is 0. The third-order valence-electron chi connectivity index (χ3n) is 6.63. The van der Waals surface area contributed by atoms with E-state index in [-0.39, 0.29) is 5.41 Å². The van der Waals surface area contributed by atoms with Crippen molar-refractivity contribution in [3.05, 3.63) is 29.3 Å². The molecule has 4 rings (SSSR count). The number of ether oxygens (including phenoxy) is 1. The van der Waals surface area contributed by atoms with Crippen molar-refractivity contribution >= 4 is 5.78 Å². The minimum atomic E-state index is -0.770. The van der Waals surface area contributed by atoms with E-state index in [1.807, 2.05) is 12.1 Å². The van der Waals surface area contributed by atoms with E-state index in [1.165, 1.54) is 11.1 Å². The van der Waals surface area contributed by atoms with Crippen molar-refractivity contribution in [2.75, 3.05) is 6.86 Å². The highest BCUT2D eigenvalue weighted by Gasteiger charge is 2.54. The third kappa shape index (κ3) is 1.94. The number of fused-ring (bicyclic) bond motifs is 5. The van der Waals surface area contributed by atoms with E-state index in [4.69, 9.17) is 4.74 Å². The maximum absolute atomic E-state index is 12.4. The van der Waals surface area contributed by atoms with Gasteiger partial charge in [0.2, 0.25) is 6.86 Å². The van der Waals surface area contributed by atoms with Crippen molar-refractivity contribution in [2.45, 2.75) is 51.4 Å². The molecule has 4 atom stereocenters. The lowest BCUT2D eigenvalue weighted by atomic mass is 9.55. The highest BCUT2D eigenvalue weighted by molar-refractivity contribution is 5.87. The summed E-state index contributed by atoms with van der Waals surface area (Å²) < 4.78 is 17.3. The Morgan fingerprint density at radius 1 is 1.27 bits per heavy atom. The van der Waals surface area contributed by atoms with Crippen LogP contribution in [0.15, 0.2) is 18.2 Å². The topological polar surface area (TPSA) is 26.3 Å². The molecule has 118 valence electrons. The van der Waals surface area contributed by atoms with Crippen LogP contribution in [0.4, 0.5) is 4.39 Å². The Labute approximate surface area is 131 Å². The molecule has 2 nitrogen and oxygen atoms in total. The van der Waals surface area contributed by atoms with Crippen LogP contribution in [0.5, 0.6) is 5.75 Å². The first-order chi connectivity index (χ1) is 10.6. The highest BCUT2D eigenvalue weighted by Crippen LogP contribution is 2.59. The minimum absolute atomic E-state index is 0.0596. The molecule has 2 saturated carbocycles. The molecule has 0 spiro atoms. The quantitative estimate of drug-likeness (QED) is 0.808. The molecule has 1 aromatic carbocycles. The van der Waals surface area contributed by atoms with Gasteiger partial charge in [0.1, 0.15) is 11.5 Å². The maximum Gasteiger partial charge on any atom is 0.228 e. The fourth-order valence-electron chi connectivity index (χ4n) is 5.48. The second kappa shape index (κ2) is 5.07. The lowest BCUT2D eigenvalue weighted by Crippen LogP contribution is -2.42. The lowest BCUT2D eigenvalue weighted by molar-refractivity contribution is -0.129. The van der Waals surface area contributed by atoms with E-state index in [0.717, 1.165) is 38.5 Å². The average molecular weight is 301 g/mol. The predicted molar refractivity (Wildman–Crippen MR) is 82.7 cm³/mol. The molecule has 0 amide bonds. The highest BCUT2D eigenvalue weighted by atomic mass is 18.2. The summed E-state index contributed by atoms with van der Waals surface area (Å²) in [5, 5.41) is 0. The first-order valence-electron chi connectivity index (χ1n) is 8.48. The summed E-state index contributed by atoms with van der Waals surface area (Å²) >= 11 is 0. The van der Waals surface area contributed by atoms with Gasteiger partial charge in [0, 0.05) is 11.8 Å². The van der Waals surface area contributed by atoms with Gasteiger partial charge in [-0.25, -0.2) is 4.39 Å². The van der Waals surface area contributed by atoms with Crippen LogP contribution in [-0.4, -0.2) is 12.6 Å². The van der Waals surface area contributed by atoms with E-state index in [1.54, 1.807) is 0 Å². The van der Waals surface area contributed by atoms with Crippen LogP contribution in [0.3, 0.4) is 0 Å². The van der Waals surface area contributed by atoms with Gasteiger partial charge in [-0.1, -0.05) is 13.0 Å². The summed E-state index contributed by atoms with van der Waals surface area (Å²) in [5.74, 6) is 2.91. The molecule has 0 saturated heterocycles. The summed E-state index contributed by atoms with van der Waals surface area (Å²) in [6.07, 6.45) is 6.18. The lowest BCUT2D eigenvalue weighted by Gasteiger charge is -2.48. The summed E-state index contributed by atoms with van der Waals surface area (Å²) in [5.41, 5.74) is 2.68. The zero-order valence-electron chi connectivity index (χ0n) is 13.1. The normalized spacial score (nSPS) is 36.5. The SMILES string of the molecule is C[C@]12CCC3c4ccc(OC[18F])cc4CCC3C1CCC2=O. The average Bonchev–Trinajstić information content (AvgIpc) is 2.83. The fraction of sp³-hybridized carbons (Fsp3) is 0.632. The van der Waals surface area contributed by atoms with Gasteiger partial charge in [-0.05, 0) is 73.1 Å². The zero-order chi connectivity index (χ0) is 15.3. The van der Waals surface area contributed by atoms with Crippen LogP contribution in [0.1, 0.15) is 56.1 Å². The molecule has 0 aromatic heterocycles. The molecular formula is C19H23FO2. The molecule has 3 heteroatoms. The number of benzene rings is 1. The van der Waals surface area contributed by atoms with Gasteiger partial charge < -0.3 is 4.74 Å². The van der Waals surface area contributed by atoms with Crippen LogP contribution < -0.4 is 4.74 Å². The number of halogens is 1. The van der Waals surface area contributed by atoms with E-state index < -0.39 is 6.86 Å². The summed E-state index contributed by atoms with van der Waals surface area (Å²) in [7, 11) is 0. The number of aryl methyl sites for hydroxylation is 1. The summed E-state index contributed by atoms with van der Waals surface area (Å²) in [6, 6.07) is 6.05. The third-order valence-corrected chi connectivity index (χ3v) is 6.63. The Balaban J connectivity index is 1.66. The number of hydrogen-bond acceptors (Lipinski definition) is 2. The number of carbonyl (C=O) groups is 1. The molecule has 1 aromatic rings. The second-order valence-corrected chi connectivity index (χ2v) is 7.45. The summed E-state index contributed by atoms with van der Waals surface area (Å²) in [6.45, 7) is 1.43. The molecule has 3 aliphatic carbocycles. The molecule has 0 N–H and O–H groups in total. The Bertz CT molecular complexity index is 611. The fourth-order valence-corrected chi connectivity index (χ4v) is 5.48. The predicted octanol–water partition coefficient (Wildman–Crippen LogP) is 4.42. The van der Waals surface area contributed by atoms with E-state index >= 15 is 0 Å². The standard InChI is InChI=1S/C19H23FO2/c1-19-9-8-15-14-5-3-13(22-11-20)10-12(14)2-4-16(15)17(19)6-7-18(19)21/h3,5,10,15-17H,2,4,6-9,11H2,1H3/t15?,16?,17?,19-/m0/s1/i20-1. The molecule has 0 radical (unpaired) electrons. The Morgan fingerprint density at radius 3 is 2.95 bits per heavy atom. The van der Waals surface area contributed by atoms with Gasteiger partial charge in [0.05, 0.1) is 0 Å². The molecule has 0 heterocycles. The van der Waals surface area contributed by atoms with Crippen LogP contribution in [-0.2, 0) is 11.2 Å². The van der Waals surface area contributed by atoms with Crippen LogP contribution in [0.25, 0.3) is 0 Å². The van der Waals surface area contributed by atoms with Crippen LogP contribution in [0, 0.1) is 17.3 Å². The van der Waals surface area contributed by atoms with Crippen molar-refractivity contribution in [2.24, 2.45) is 17.3 Å². The number of ketones is 1. The molecule has 3 aliphatic rings. The molecule has 3 unspecified atom stereocenters.